The molecule has 0 atom stereocenters. The lowest BCUT2D eigenvalue weighted by Gasteiger charge is -2.12. The predicted molar refractivity (Wildman–Crippen MR) is 127 cm³/mol. The Bertz CT molecular complexity index is 1100. The lowest BCUT2D eigenvalue weighted by molar-refractivity contribution is -0.122. The number of aromatic nitrogens is 2. The summed E-state index contributed by atoms with van der Waals surface area (Å²) in [6, 6.07) is 16.8. The van der Waals surface area contributed by atoms with Gasteiger partial charge < -0.3 is 20.1 Å². The lowest BCUT2D eigenvalue weighted by Crippen LogP contribution is -2.29. The van der Waals surface area contributed by atoms with E-state index in [2.05, 4.69) is 15.7 Å². The van der Waals surface area contributed by atoms with Gasteiger partial charge in [-0.3, -0.25) is 9.59 Å². The highest BCUT2D eigenvalue weighted by atomic mass is 32.2. The molecule has 2 heterocycles. The normalized spacial score (nSPS) is 12.2. The summed E-state index contributed by atoms with van der Waals surface area (Å²) in [5, 5.41) is 10.3. The standard InChI is InChI=1S/C24H26N4O4S/c1-2-31-18-8-10-19(11-9-18)32-14-23(30)26-24-20-15-33-16-21(20)27-28(24)13-22(29)25-12-17-6-4-3-5-7-17/h3-11H,2,12-16H2,1H3,(H,25,29)(H,26,30). The van der Waals surface area contributed by atoms with Crippen LogP contribution in [-0.2, 0) is 34.2 Å². The third kappa shape index (κ3) is 6.07. The molecule has 0 radical (unpaired) electrons. The number of carbonyl (C=O) groups excluding carboxylic acids is 2. The second-order valence-corrected chi connectivity index (χ2v) is 8.41. The minimum absolute atomic E-state index is 0.0276. The SMILES string of the molecule is CCOc1ccc(OCC(=O)Nc2c3c(nn2CC(=O)NCc2ccccc2)CSC3)cc1. The molecule has 1 aromatic heterocycles. The molecule has 0 bridgehead atoms. The average Bonchev–Trinajstić information content (AvgIpc) is 3.41. The van der Waals surface area contributed by atoms with Crippen molar-refractivity contribution in [2.24, 2.45) is 0 Å². The van der Waals surface area contributed by atoms with Gasteiger partial charge in [-0.15, -0.1) is 0 Å². The van der Waals surface area contributed by atoms with Crippen molar-refractivity contribution in [2.75, 3.05) is 18.5 Å². The second kappa shape index (κ2) is 10.9. The first-order valence-electron chi connectivity index (χ1n) is 10.7. The van der Waals surface area contributed by atoms with Crippen LogP contribution in [0.25, 0.3) is 0 Å². The molecule has 2 N–H and O–H groups in total. The molecular weight excluding hydrogens is 440 g/mol. The number of nitrogens with one attached hydrogen (secondary N) is 2. The zero-order valence-corrected chi connectivity index (χ0v) is 19.2. The summed E-state index contributed by atoms with van der Waals surface area (Å²) >= 11 is 1.73. The molecule has 0 spiro atoms. The molecule has 1 aliphatic rings. The number of amides is 2. The van der Waals surface area contributed by atoms with E-state index in [1.807, 2.05) is 37.3 Å². The Balaban J connectivity index is 1.35. The van der Waals surface area contributed by atoms with E-state index in [0.717, 1.165) is 34.1 Å². The summed E-state index contributed by atoms with van der Waals surface area (Å²) < 4.78 is 12.6. The Hall–Kier alpha value is -3.46. The highest BCUT2D eigenvalue weighted by molar-refractivity contribution is 7.98. The number of anilines is 1. The number of benzene rings is 2. The van der Waals surface area contributed by atoms with E-state index in [1.54, 1.807) is 40.7 Å². The van der Waals surface area contributed by atoms with Crippen LogP contribution in [0.15, 0.2) is 54.6 Å². The first-order valence-corrected chi connectivity index (χ1v) is 11.9. The van der Waals surface area contributed by atoms with E-state index in [4.69, 9.17) is 9.47 Å². The summed E-state index contributed by atoms with van der Waals surface area (Å²) in [5.74, 6) is 2.91. The average molecular weight is 467 g/mol. The minimum Gasteiger partial charge on any atom is -0.494 e. The summed E-state index contributed by atoms with van der Waals surface area (Å²) in [4.78, 5) is 25.1. The van der Waals surface area contributed by atoms with Gasteiger partial charge in [0.15, 0.2) is 6.61 Å². The largest absolute Gasteiger partial charge is 0.494 e. The Morgan fingerprint density at radius 1 is 1.00 bits per heavy atom. The van der Waals surface area contributed by atoms with Crippen LogP contribution in [0.1, 0.15) is 23.7 Å². The monoisotopic (exact) mass is 466 g/mol. The van der Waals surface area contributed by atoms with E-state index in [-0.39, 0.29) is 25.0 Å². The number of hydrogen-bond acceptors (Lipinski definition) is 6. The van der Waals surface area contributed by atoms with Gasteiger partial charge in [0.25, 0.3) is 5.91 Å². The highest BCUT2D eigenvalue weighted by Gasteiger charge is 2.25. The summed E-state index contributed by atoms with van der Waals surface area (Å²) in [5.41, 5.74) is 2.88. The van der Waals surface area contributed by atoms with Gasteiger partial charge in [0.2, 0.25) is 5.91 Å². The molecule has 2 amide bonds. The Labute approximate surface area is 196 Å². The Morgan fingerprint density at radius 3 is 2.45 bits per heavy atom. The Morgan fingerprint density at radius 2 is 1.73 bits per heavy atom. The fraction of sp³-hybridized carbons (Fsp3) is 0.292. The van der Waals surface area contributed by atoms with Crippen molar-refractivity contribution in [2.45, 2.75) is 31.5 Å². The molecule has 9 heteroatoms. The molecule has 33 heavy (non-hydrogen) atoms. The number of carbonyl (C=O) groups is 2. The molecule has 0 fully saturated rings. The first-order chi connectivity index (χ1) is 16.1. The zero-order chi connectivity index (χ0) is 23.0. The van der Waals surface area contributed by atoms with Crippen molar-refractivity contribution in [1.82, 2.24) is 15.1 Å². The van der Waals surface area contributed by atoms with Crippen LogP contribution in [0.3, 0.4) is 0 Å². The first kappa shape index (κ1) is 22.7. The fourth-order valence-electron chi connectivity index (χ4n) is 3.42. The molecule has 0 unspecified atom stereocenters. The predicted octanol–water partition coefficient (Wildman–Crippen LogP) is 3.36. The van der Waals surface area contributed by atoms with Crippen LogP contribution in [0.4, 0.5) is 5.82 Å². The molecule has 4 rings (SSSR count). The van der Waals surface area contributed by atoms with Crippen LogP contribution < -0.4 is 20.1 Å². The smallest absolute Gasteiger partial charge is 0.263 e. The van der Waals surface area contributed by atoms with Crippen LogP contribution in [0.5, 0.6) is 11.5 Å². The Kier molecular flexibility index (Phi) is 7.51. The van der Waals surface area contributed by atoms with Gasteiger partial charge in [0.05, 0.1) is 12.3 Å². The summed E-state index contributed by atoms with van der Waals surface area (Å²) in [7, 11) is 0. The maximum absolute atomic E-state index is 12.6. The van der Waals surface area contributed by atoms with E-state index in [1.165, 1.54) is 0 Å². The maximum Gasteiger partial charge on any atom is 0.263 e. The number of ether oxygens (including phenoxy) is 2. The zero-order valence-electron chi connectivity index (χ0n) is 18.4. The van der Waals surface area contributed by atoms with Crippen LogP contribution in [-0.4, -0.2) is 34.8 Å². The van der Waals surface area contributed by atoms with Crippen LogP contribution in [0, 0.1) is 0 Å². The van der Waals surface area contributed by atoms with Crippen molar-refractivity contribution in [3.63, 3.8) is 0 Å². The molecular formula is C24H26N4O4S. The van der Waals surface area contributed by atoms with Crippen LogP contribution in [0.2, 0.25) is 0 Å². The second-order valence-electron chi connectivity index (χ2n) is 7.43. The van der Waals surface area contributed by atoms with Gasteiger partial charge in [-0.1, -0.05) is 30.3 Å². The fourth-order valence-corrected chi connectivity index (χ4v) is 4.46. The maximum atomic E-state index is 12.6. The molecule has 0 saturated heterocycles. The van der Waals surface area contributed by atoms with Crippen molar-refractivity contribution in [3.05, 3.63) is 71.4 Å². The number of fused-ring (bicyclic) bond motifs is 1. The van der Waals surface area contributed by atoms with Gasteiger partial charge in [0.1, 0.15) is 23.9 Å². The molecule has 8 nitrogen and oxygen atoms in total. The van der Waals surface area contributed by atoms with Gasteiger partial charge in [-0.25, -0.2) is 4.68 Å². The summed E-state index contributed by atoms with van der Waals surface area (Å²) in [6.07, 6.45) is 0. The topological polar surface area (TPSA) is 94.5 Å². The van der Waals surface area contributed by atoms with Crippen LogP contribution >= 0.6 is 11.8 Å². The highest BCUT2D eigenvalue weighted by Crippen LogP contribution is 2.34. The molecule has 0 saturated carbocycles. The number of rotatable bonds is 10. The number of nitrogens with zero attached hydrogens (tertiary/aromatic N) is 2. The molecule has 2 aromatic carbocycles. The van der Waals surface area contributed by atoms with Crippen molar-refractivity contribution in [3.8, 4) is 11.5 Å². The molecule has 1 aliphatic heterocycles. The van der Waals surface area contributed by atoms with Gasteiger partial charge in [0, 0.05) is 23.6 Å². The van der Waals surface area contributed by atoms with Crippen molar-refractivity contribution in [1.29, 1.82) is 0 Å². The van der Waals surface area contributed by atoms with Gasteiger partial charge in [-0.2, -0.15) is 16.9 Å². The van der Waals surface area contributed by atoms with E-state index in [9.17, 15) is 9.59 Å². The number of thioether (sulfide) groups is 1. The van der Waals surface area contributed by atoms with E-state index >= 15 is 0 Å². The molecule has 172 valence electrons. The summed E-state index contributed by atoms with van der Waals surface area (Å²) in [6.45, 7) is 2.82. The molecule has 0 aliphatic carbocycles. The molecule has 3 aromatic rings. The minimum atomic E-state index is -0.311. The quantitative estimate of drug-likeness (QED) is 0.476. The number of hydrogen-bond donors (Lipinski definition) is 2. The van der Waals surface area contributed by atoms with Crippen molar-refractivity contribution >= 4 is 29.4 Å². The lowest BCUT2D eigenvalue weighted by atomic mass is 10.2. The third-order valence-electron chi connectivity index (χ3n) is 5.01. The van der Waals surface area contributed by atoms with Crippen molar-refractivity contribution < 1.29 is 19.1 Å². The van der Waals surface area contributed by atoms with E-state index < -0.39 is 0 Å². The van der Waals surface area contributed by atoms with Gasteiger partial charge >= 0.3 is 0 Å². The third-order valence-corrected chi connectivity index (χ3v) is 5.98. The van der Waals surface area contributed by atoms with E-state index in [0.29, 0.717) is 24.7 Å². The van der Waals surface area contributed by atoms with Gasteiger partial charge in [-0.05, 0) is 36.8 Å².